The van der Waals surface area contributed by atoms with Gasteiger partial charge >= 0.3 is 6.61 Å². The maximum absolute atomic E-state index is 12.4. The Morgan fingerprint density at radius 2 is 1.96 bits per heavy atom. The third-order valence-electron chi connectivity index (χ3n) is 3.42. The van der Waals surface area contributed by atoms with Crippen molar-refractivity contribution in [1.82, 2.24) is 15.3 Å². The molecule has 1 aromatic heterocycles. The highest BCUT2D eigenvalue weighted by atomic mass is 19.3. The molecule has 0 unspecified atom stereocenters. The number of aromatic amines is 1. The first-order valence-electron chi connectivity index (χ1n) is 7.55. The minimum atomic E-state index is -2.92. The molecule has 3 aromatic rings. The molecule has 0 saturated heterocycles. The average Bonchev–Trinajstić information content (AvgIpc) is 3.01. The Balaban J connectivity index is 1.61. The maximum Gasteiger partial charge on any atom is 0.387 e. The van der Waals surface area contributed by atoms with Crippen molar-refractivity contribution in [3.63, 3.8) is 0 Å². The van der Waals surface area contributed by atoms with Crippen molar-refractivity contribution in [3.8, 4) is 5.75 Å². The molecule has 0 fully saturated rings. The van der Waals surface area contributed by atoms with E-state index in [1.54, 1.807) is 18.2 Å². The van der Waals surface area contributed by atoms with Crippen molar-refractivity contribution >= 4 is 23.0 Å². The lowest BCUT2D eigenvalue weighted by atomic mass is 10.2. The Morgan fingerprint density at radius 1 is 1.20 bits per heavy atom. The van der Waals surface area contributed by atoms with Gasteiger partial charge in [0, 0.05) is 11.6 Å². The molecule has 2 N–H and O–H groups in total. The molecule has 3 rings (SSSR count). The fraction of sp³-hybridized carbons (Fsp3) is 0.111. The number of fused-ring (bicyclic) bond motifs is 1. The van der Waals surface area contributed by atoms with E-state index in [0.717, 1.165) is 11.0 Å². The van der Waals surface area contributed by atoms with Crippen molar-refractivity contribution in [2.45, 2.75) is 13.2 Å². The number of benzene rings is 2. The fourth-order valence-corrected chi connectivity index (χ4v) is 2.31. The van der Waals surface area contributed by atoms with Crippen LogP contribution in [0.15, 0.2) is 54.6 Å². The highest BCUT2D eigenvalue weighted by Crippen LogP contribution is 2.21. The van der Waals surface area contributed by atoms with Gasteiger partial charge in [0.1, 0.15) is 11.6 Å². The van der Waals surface area contributed by atoms with Gasteiger partial charge in [-0.1, -0.05) is 30.3 Å². The average molecular weight is 343 g/mol. The van der Waals surface area contributed by atoms with Crippen LogP contribution in [0, 0.1) is 0 Å². The van der Waals surface area contributed by atoms with Crippen LogP contribution in [0.25, 0.3) is 17.1 Å². The van der Waals surface area contributed by atoms with Crippen molar-refractivity contribution in [2.75, 3.05) is 0 Å². The van der Waals surface area contributed by atoms with Gasteiger partial charge in [-0.2, -0.15) is 8.78 Å². The summed E-state index contributed by atoms with van der Waals surface area (Å²) in [6, 6.07) is 13.8. The van der Waals surface area contributed by atoms with Crippen LogP contribution in [0.4, 0.5) is 8.78 Å². The number of alkyl halides is 2. The monoisotopic (exact) mass is 343 g/mol. The standard InChI is InChI=1S/C18H15F2N3O2/c19-18(20)25-15-8-4-1-5-12(15)9-10-17(24)21-11-16-22-13-6-2-3-7-14(13)23-16/h1-10,18H,11H2,(H,21,24)(H,22,23)/b10-9+. The van der Waals surface area contributed by atoms with Crippen molar-refractivity contribution < 1.29 is 18.3 Å². The molecule has 0 radical (unpaired) electrons. The number of rotatable bonds is 6. The summed E-state index contributed by atoms with van der Waals surface area (Å²) in [5, 5.41) is 2.68. The second-order valence-electron chi connectivity index (χ2n) is 5.17. The van der Waals surface area contributed by atoms with Gasteiger partial charge in [0.25, 0.3) is 0 Å². The summed E-state index contributed by atoms with van der Waals surface area (Å²) in [4.78, 5) is 19.4. The third kappa shape index (κ3) is 4.41. The van der Waals surface area contributed by atoms with E-state index in [9.17, 15) is 13.6 Å². The molecule has 0 saturated carbocycles. The number of nitrogens with zero attached hydrogens (tertiary/aromatic N) is 1. The van der Waals surface area contributed by atoms with Crippen LogP contribution in [0.5, 0.6) is 5.75 Å². The van der Waals surface area contributed by atoms with E-state index >= 15 is 0 Å². The summed E-state index contributed by atoms with van der Waals surface area (Å²) < 4.78 is 29.1. The Labute approximate surface area is 142 Å². The number of carbonyl (C=O) groups excluding carboxylic acids is 1. The summed E-state index contributed by atoms with van der Waals surface area (Å²) in [6.45, 7) is -2.69. The Bertz CT molecular complexity index is 873. The second-order valence-corrected chi connectivity index (χ2v) is 5.17. The number of ether oxygens (including phenoxy) is 1. The number of imidazole rings is 1. The van der Waals surface area contributed by atoms with E-state index in [4.69, 9.17) is 0 Å². The molecule has 0 aliphatic carbocycles. The number of H-pyrrole nitrogens is 1. The van der Waals surface area contributed by atoms with Crippen LogP contribution < -0.4 is 10.1 Å². The SMILES string of the molecule is O=C(/C=C/c1ccccc1OC(F)F)NCc1nc2ccccc2[nH]1. The zero-order valence-corrected chi connectivity index (χ0v) is 13.1. The summed E-state index contributed by atoms with van der Waals surface area (Å²) in [7, 11) is 0. The van der Waals surface area contributed by atoms with Crippen LogP contribution in [-0.2, 0) is 11.3 Å². The molecule has 0 spiro atoms. The number of hydrogen-bond acceptors (Lipinski definition) is 3. The summed E-state index contributed by atoms with van der Waals surface area (Å²) in [5.74, 6) is 0.274. The van der Waals surface area contributed by atoms with Gasteiger partial charge in [-0.3, -0.25) is 4.79 Å². The van der Waals surface area contributed by atoms with Gasteiger partial charge in [0.2, 0.25) is 5.91 Å². The van der Waals surface area contributed by atoms with Crippen molar-refractivity contribution in [3.05, 3.63) is 66.0 Å². The molecule has 1 heterocycles. The van der Waals surface area contributed by atoms with E-state index in [1.807, 2.05) is 24.3 Å². The lowest BCUT2D eigenvalue weighted by Gasteiger charge is -2.07. The predicted octanol–water partition coefficient (Wildman–Crippen LogP) is 3.49. The lowest BCUT2D eigenvalue weighted by Crippen LogP contribution is -2.20. The Kier molecular flexibility index (Phi) is 5.03. The first kappa shape index (κ1) is 16.6. The van der Waals surface area contributed by atoms with E-state index in [2.05, 4.69) is 20.0 Å². The minimum absolute atomic E-state index is 0.0128. The molecule has 5 nitrogen and oxygen atoms in total. The number of halogens is 2. The Morgan fingerprint density at radius 3 is 2.76 bits per heavy atom. The van der Waals surface area contributed by atoms with E-state index in [-0.39, 0.29) is 18.2 Å². The molecule has 0 aliphatic heterocycles. The first-order valence-corrected chi connectivity index (χ1v) is 7.55. The van der Waals surface area contributed by atoms with Gasteiger partial charge in [0.05, 0.1) is 17.6 Å². The van der Waals surface area contributed by atoms with Gasteiger partial charge < -0.3 is 15.0 Å². The van der Waals surface area contributed by atoms with Crippen LogP contribution >= 0.6 is 0 Å². The highest BCUT2D eigenvalue weighted by Gasteiger charge is 2.07. The van der Waals surface area contributed by atoms with Crippen LogP contribution in [0.3, 0.4) is 0 Å². The minimum Gasteiger partial charge on any atom is -0.434 e. The number of hydrogen-bond donors (Lipinski definition) is 2. The zero-order valence-electron chi connectivity index (χ0n) is 13.1. The normalized spacial score (nSPS) is 11.3. The number of para-hydroxylation sites is 3. The van der Waals surface area contributed by atoms with Crippen molar-refractivity contribution in [2.24, 2.45) is 0 Å². The summed E-state index contributed by atoms with van der Waals surface area (Å²) in [5.41, 5.74) is 2.10. The molecule has 25 heavy (non-hydrogen) atoms. The smallest absolute Gasteiger partial charge is 0.387 e. The van der Waals surface area contributed by atoms with Gasteiger partial charge in [-0.05, 0) is 24.3 Å². The molecular formula is C18H15F2N3O2. The first-order chi connectivity index (χ1) is 12.1. The van der Waals surface area contributed by atoms with Crippen LogP contribution in [-0.4, -0.2) is 22.5 Å². The van der Waals surface area contributed by atoms with Crippen LogP contribution in [0.1, 0.15) is 11.4 Å². The highest BCUT2D eigenvalue weighted by molar-refractivity contribution is 5.92. The molecule has 0 atom stereocenters. The molecule has 128 valence electrons. The van der Waals surface area contributed by atoms with Gasteiger partial charge in [-0.25, -0.2) is 4.98 Å². The largest absolute Gasteiger partial charge is 0.434 e. The summed E-state index contributed by atoms with van der Waals surface area (Å²) >= 11 is 0. The molecule has 0 aliphatic rings. The fourth-order valence-electron chi connectivity index (χ4n) is 2.31. The summed E-state index contributed by atoms with van der Waals surface area (Å²) in [6.07, 6.45) is 2.68. The maximum atomic E-state index is 12.4. The van der Waals surface area contributed by atoms with E-state index in [0.29, 0.717) is 11.4 Å². The van der Waals surface area contributed by atoms with Gasteiger partial charge in [-0.15, -0.1) is 0 Å². The quantitative estimate of drug-likeness (QED) is 0.673. The van der Waals surface area contributed by atoms with Crippen molar-refractivity contribution in [1.29, 1.82) is 0 Å². The number of amides is 1. The molecule has 2 aromatic carbocycles. The molecular weight excluding hydrogens is 328 g/mol. The third-order valence-corrected chi connectivity index (χ3v) is 3.42. The lowest BCUT2D eigenvalue weighted by molar-refractivity contribution is -0.116. The topological polar surface area (TPSA) is 67.0 Å². The van der Waals surface area contributed by atoms with E-state index in [1.165, 1.54) is 18.2 Å². The number of aromatic nitrogens is 2. The second kappa shape index (κ2) is 7.57. The Hall–Kier alpha value is -3.22. The molecule has 1 amide bonds. The predicted molar refractivity (Wildman–Crippen MR) is 90.0 cm³/mol. The number of nitrogens with one attached hydrogen (secondary N) is 2. The zero-order chi connectivity index (χ0) is 17.6. The molecule has 7 heteroatoms. The van der Waals surface area contributed by atoms with E-state index < -0.39 is 6.61 Å². The van der Waals surface area contributed by atoms with Crippen LogP contribution in [0.2, 0.25) is 0 Å². The van der Waals surface area contributed by atoms with Gasteiger partial charge in [0.15, 0.2) is 0 Å². The molecule has 0 bridgehead atoms. The number of carbonyl (C=O) groups is 1.